The van der Waals surface area contributed by atoms with Gasteiger partial charge < -0.3 is 0 Å². The van der Waals surface area contributed by atoms with Crippen LogP contribution in [0.15, 0.2) is 12.7 Å². The quantitative estimate of drug-likeness (QED) is 0.452. The zero-order chi connectivity index (χ0) is 8.53. The molecule has 0 saturated carbocycles. The van der Waals surface area contributed by atoms with E-state index in [2.05, 4.69) is 13.5 Å². The number of carbonyl (C=O) groups is 1. The first-order valence-electron chi connectivity index (χ1n) is 4.10. The lowest BCUT2D eigenvalue weighted by Gasteiger charge is -1.96. The summed E-state index contributed by atoms with van der Waals surface area (Å²) in [5.41, 5.74) is 0. The van der Waals surface area contributed by atoms with E-state index in [1.165, 1.54) is 37.1 Å². The maximum Gasteiger partial charge on any atom is 0.211 e. The highest BCUT2D eigenvalue weighted by Crippen LogP contribution is 2.08. The van der Waals surface area contributed by atoms with E-state index >= 15 is 0 Å². The molecule has 0 rings (SSSR count). The van der Waals surface area contributed by atoms with Crippen molar-refractivity contribution in [2.45, 2.75) is 32.6 Å². The van der Waals surface area contributed by atoms with Gasteiger partial charge in [-0.15, -0.1) is 0 Å². The van der Waals surface area contributed by atoms with Crippen molar-refractivity contribution in [1.29, 1.82) is 0 Å². The summed E-state index contributed by atoms with van der Waals surface area (Å²) in [6, 6.07) is 0. The van der Waals surface area contributed by atoms with E-state index in [4.69, 9.17) is 0 Å². The molecule has 0 aliphatic rings. The molecule has 0 fully saturated rings. The molecule has 2 heteroatoms. The SMILES string of the molecule is C=CC(=O)SCCCCCC. The summed E-state index contributed by atoms with van der Waals surface area (Å²) in [4.78, 5) is 10.7. The van der Waals surface area contributed by atoms with Crippen LogP contribution in [0.4, 0.5) is 0 Å². The largest absolute Gasteiger partial charge is 0.282 e. The molecule has 0 aliphatic heterocycles. The molecule has 0 N–H and O–H groups in total. The van der Waals surface area contributed by atoms with Crippen LogP contribution < -0.4 is 0 Å². The molecule has 0 aromatic rings. The van der Waals surface area contributed by atoms with Crippen LogP contribution in [0.1, 0.15) is 32.6 Å². The van der Waals surface area contributed by atoms with E-state index in [9.17, 15) is 4.79 Å². The highest BCUT2D eigenvalue weighted by Gasteiger charge is 1.94. The van der Waals surface area contributed by atoms with Crippen LogP contribution in [0.5, 0.6) is 0 Å². The molecule has 64 valence electrons. The fourth-order valence-corrected chi connectivity index (χ4v) is 1.43. The molecule has 0 atom stereocenters. The molecule has 0 radical (unpaired) electrons. The van der Waals surface area contributed by atoms with Crippen LogP contribution in [-0.4, -0.2) is 10.9 Å². The summed E-state index contributed by atoms with van der Waals surface area (Å²) in [7, 11) is 0. The topological polar surface area (TPSA) is 17.1 Å². The summed E-state index contributed by atoms with van der Waals surface area (Å²) < 4.78 is 0. The lowest BCUT2D eigenvalue weighted by molar-refractivity contribution is -0.107. The van der Waals surface area contributed by atoms with Gasteiger partial charge in [-0.05, 0) is 12.5 Å². The zero-order valence-electron chi connectivity index (χ0n) is 7.14. The van der Waals surface area contributed by atoms with Crippen molar-refractivity contribution in [1.82, 2.24) is 0 Å². The Hall–Kier alpha value is -0.240. The molecule has 0 aromatic carbocycles. The molecule has 0 heterocycles. The summed E-state index contributed by atoms with van der Waals surface area (Å²) >= 11 is 1.37. The minimum Gasteiger partial charge on any atom is -0.282 e. The van der Waals surface area contributed by atoms with Crippen molar-refractivity contribution in [3.63, 3.8) is 0 Å². The van der Waals surface area contributed by atoms with Gasteiger partial charge in [0.15, 0.2) is 0 Å². The lowest BCUT2D eigenvalue weighted by atomic mass is 10.2. The van der Waals surface area contributed by atoms with Gasteiger partial charge in [-0.2, -0.15) is 0 Å². The predicted molar refractivity (Wildman–Crippen MR) is 51.8 cm³/mol. The van der Waals surface area contributed by atoms with Crippen LogP contribution in [0.25, 0.3) is 0 Å². The molecule has 0 amide bonds. The standard InChI is InChI=1S/C9H16OS/c1-3-5-6-7-8-11-9(10)4-2/h4H,2-3,5-8H2,1H3. The van der Waals surface area contributed by atoms with E-state index in [-0.39, 0.29) is 5.12 Å². The van der Waals surface area contributed by atoms with E-state index < -0.39 is 0 Å². The Morgan fingerprint density at radius 3 is 2.73 bits per heavy atom. The molecule has 0 spiro atoms. The number of thioether (sulfide) groups is 1. The predicted octanol–water partition coefficient (Wildman–Crippen LogP) is 3.01. The van der Waals surface area contributed by atoms with Crippen molar-refractivity contribution in [2.24, 2.45) is 0 Å². The summed E-state index contributed by atoms with van der Waals surface area (Å²) in [5.74, 6) is 0.949. The van der Waals surface area contributed by atoms with Gasteiger partial charge in [0, 0.05) is 5.75 Å². The molecule has 0 saturated heterocycles. The fourth-order valence-electron chi connectivity index (χ4n) is 0.761. The molecule has 0 aromatic heterocycles. The number of hydrogen-bond donors (Lipinski definition) is 0. The third-order valence-electron chi connectivity index (χ3n) is 1.41. The Balaban J connectivity index is 3.01. The first-order valence-corrected chi connectivity index (χ1v) is 5.09. The second-order valence-electron chi connectivity index (χ2n) is 2.43. The van der Waals surface area contributed by atoms with Crippen LogP contribution in [0.3, 0.4) is 0 Å². The first kappa shape index (κ1) is 10.8. The summed E-state index contributed by atoms with van der Waals surface area (Å²) in [6.07, 6.45) is 6.30. The smallest absolute Gasteiger partial charge is 0.211 e. The Morgan fingerprint density at radius 1 is 1.45 bits per heavy atom. The van der Waals surface area contributed by atoms with Gasteiger partial charge in [0.2, 0.25) is 5.12 Å². The summed E-state index contributed by atoms with van der Waals surface area (Å²) in [6.45, 7) is 5.59. The number of carbonyl (C=O) groups excluding carboxylic acids is 1. The third-order valence-corrected chi connectivity index (χ3v) is 2.35. The van der Waals surface area contributed by atoms with Crippen molar-refractivity contribution in [3.05, 3.63) is 12.7 Å². The van der Waals surface area contributed by atoms with Crippen LogP contribution in [-0.2, 0) is 4.79 Å². The van der Waals surface area contributed by atoms with Gasteiger partial charge in [0.05, 0.1) is 0 Å². The van der Waals surface area contributed by atoms with Crippen LogP contribution in [0, 0.1) is 0 Å². The van der Waals surface area contributed by atoms with Crippen LogP contribution >= 0.6 is 11.8 Å². The Labute approximate surface area is 73.3 Å². The second kappa shape index (κ2) is 7.86. The van der Waals surface area contributed by atoms with Crippen molar-refractivity contribution >= 4 is 16.9 Å². The van der Waals surface area contributed by atoms with Gasteiger partial charge in [0.25, 0.3) is 0 Å². The maximum atomic E-state index is 10.7. The Bertz CT molecular complexity index is 121. The maximum absolute atomic E-state index is 10.7. The van der Waals surface area contributed by atoms with Crippen molar-refractivity contribution < 1.29 is 4.79 Å². The van der Waals surface area contributed by atoms with E-state index in [1.807, 2.05) is 0 Å². The van der Waals surface area contributed by atoms with E-state index in [0.29, 0.717) is 0 Å². The van der Waals surface area contributed by atoms with Crippen molar-refractivity contribution in [2.75, 3.05) is 5.75 Å². The highest BCUT2D eigenvalue weighted by atomic mass is 32.2. The molecule has 0 bridgehead atoms. The minimum atomic E-state index is 0.0986. The van der Waals surface area contributed by atoms with Gasteiger partial charge in [-0.1, -0.05) is 44.5 Å². The molecule has 1 nitrogen and oxygen atoms in total. The first-order chi connectivity index (χ1) is 5.31. The van der Waals surface area contributed by atoms with E-state index in [1.54, 1.807) is 0 Å². The fraction of sp³-hybridized carbons (Fsp3) is 0.667. The average molecular weight is 172 g/mol. The molecule has 11 heavy (non-hydrogen) atoms. The number of unbranched alkanes of at least 4 members (excludes halogenated alkanes) is 3. The molecular formula is C9H16OS. The van der Waals surface area contributed by atoms with Gasteiger partial charge in [-0.3, -0.25) is 4.79 Å². The lowest BCUT2D eigenvalue weighted by Crippen LogP contribution is -1.87. The molecular weight excluding hydrogens is 156 g/mol. The Kier molecular flexibility index (Phi) is 7.69. The average Bonchev–Trinajstić information content (AvgIpc) is 2.04. The van der Waals surface area contributed by atoms with Gasteiger partial charge in [0.1, 0.15) is 0 Å². The van der Waals surface area contributed by atoms with Gasteiger partial charge in [-0.25, -0.2) is 0 Å². The normalized spacial score (nSPS) is 9.55. The zero-order valence-corrected chi connectivity index (χ0v) is 7.95. The molecule has 0 aliphatic carbocycles. The number of hydrogen-bond acceptors (Lipinski definition) is 2. The van der Waals surface area contributed by atoms with E-state index in [0.717, 1.165) is 12.2 Å². The molecule has 0 unspecified atom stereocenters. The van der Waals surface area contributed by atoms with Gasteiger partial charge >= 0.3 is 0 Å². The minimum absolute atomic E-state index is 0.0986. The second-order valence-corrected chi connectivity index (χ2v) is 3.53. The number of rotatable bonds is 6. The van der Waals surface area contributed by atoms with Crippen LogP contribution in [0.2, 0.25) is 0 Å². The Morgan fingerprint density at radius 2 is 2.18 bits per heavy atom. The monoisotopic (exact) mass is 172 g/mol. The summed E-state index contributed by atoms with van der Waals surface area (Å²) in [5, 5.41) is 0.0986. The highest BCUT2D eigenvalue weighted by molar-refractivity contribution is 8.14. The third kappa shape index (κ3) is 7.66. The van der Waals surface area contributed by atoms with Crippen molar-refractivity contribution in [3.8, 4) is 0 Å².